The molecule has 140 valence electrons. The fourth-order valence-corrected chi connectivity index (χ4v) is 3.45. The first-order valence-electron chi connectivity index (χ1n) is 9.23. The molecule has 0 amide bonds. The fourth-order valence-electron chi connectivity index (χ4n) is 3.45. The number of nitrogens with zero attached hydrogens (tertiary/aromatic N) is 1. The van der Waals surface area contributed by atoms with Crippen LogP contribution in [-0.2, 0) is 13.0 Å². The number of rotatable bonds is 8. The van der Waals surface area contributed by atoms with Gasteiger partial charge in [-0.2, -0.15) is 8.78 Å². The summed E-state index contributed by atoms with van der Waals surface area (Å²) in [6, 6.07) is 18.1. The van der Waals surface area contributed by atoms with Crippen molar-refractivity contribution in [1.29, 1.82) is 0 Å². The molecule has 0 radical (unpaired) electrons. The predicted molar refractivity (Wildman–Crippen MR) is 99.5 cm³/mol. The zero-order valence-electron chi connectivity index (χ0n) is 14.9. The van der Waals surface area contributed by atoms with Gasteiger partial charge in [-0.25, -0.2) is 0 Å². The summed E-state index contributed by atoms with van der Waals surface area (Å²) in [5.41, 5.74) is 2.18. The van der Waals surface area contributed by atoms with Crippen molar-refractivity contribution in [3.05, 3.63) is 65.7 Å². The Labute approximate surface area is 154 Å². The third-order valence-electron chi connectivity index (χ3n) is 4.86. The van der Waals surface area contributed by atoms with Gasteiger partial charge in [-0.15, -0.1) is 0 Å². The summed E-state index contributed by atoms with van der Waals surface area (Å²) in [5.74, 6) is 0.283. The van der Waals surface area contributed by atoms with E-state index in [2.05, 4.69) is 39.2 Å². The van der Waals surface area contributed by atoms with E-state index in [9.17, 15) is 8.78 Å². The van der Waals surface area contributed by atoms with Gasteiger partial charge in [0.25, 0.3) is 0 Å². The number of hydrogen-bond acceptors (Lipinski definition) is 3. The molecule has 1 fully saturated rings. The molecule has 1 heterocycles. The number of para-hydroxylation sites is 1. The fraction of sp³-hybridized carbons (Fsp3) is 0.429. The van der Waals surface area contributed by atoms with E-state index in [4.69, 9.17) is 0 Å². The number of ether oxygens (including phenoxy) is 1. The van der Waals surface area contributed by atoms with Gasteiger partial charge >= 0.3 is 6.61 Å². The summed E-state index contributed by atoms with van der Waals surface area (Å²) in [6.07, 6.45) is 3.19. The number of halogens is 2. The lowest BCUT2D eigenvalue weighted by molar-refractivity contribution is -0.0508. The average molecular weight is 360 g/mol. The largest absolute Gasteiger partial charge is 0.434 e. The molecule has 0 atom stereocenters. The highest BCUT2D eigenvalue weighted by molar-refractivity contribution is 5.33. The second-order valence-electron chi connectivity index (χ2n) is 6.73. The first-order chi connectivity index (χ1) is 12.7. The van der Waals surface area contributed by atoms with Crippen LogP contribution in [0.15, 0.2) is 54.6 Å². The predicted octanol–water partition coefficient (Wildman–Crippen LogP) is 4.08. The minimum absolute atomic E-state index is 0.283. The highest BCUT2D eigenvalue weighted by Crippen LogP contribution is 2.23. The lowest BCUT2D eigenvalue weighted by Gasteiger charge is -2.32. The second-order valence-corrected chi connectivity index (χ2v) is 6.73. The number of likely N-dealkylation sites (tertiary alicyclic amines) is 1. The van der Waals surface area contributed by atoms with E-state index >= 15 is 0 Å². The number of alkyl halides is 2. The van der Waals surface area contributed by atoms with E-state index < -0.39 is 6.61 Å². The number of hydrogen-bond donors (Lipinski definition) is 1. The zero-order valence-corrected chi connectivity index (χ0v) is 14.9. The van der Waals surface area contributed by atoms with Crippen molar-refractivity contribution < 1.29 is 13.5 Å². The lowest BCUT2D eigenvalue weighted by atomic mass is 10.0. The maximum Gasteiger partial charge on any atom is 0.387 e. The molecule has 26 heavy (non-hydrogen) atoms. The Kier molecular flexibility index (Phi) is 6.97. The van der Waals surface area contributed by atoms with Gasteiger partial charge in [0.15, 0.2) is 0 Å². The van der Waals surface area contributed by atoms with Crippen LogP contribution in [0.5, 0.6) is 5.75 Å². The third kappa shape index (κ3) is 5.78. The van der Waals surface area contributed by atoms with Crippen LogP contribution in [0.1, 0.15) is 24.0 Å². The van der Waals surface area contributed by atoms with Gasteiger partial charge in [0.1, 0.15) is 5.75 Å². The molecular weight excluding hydrogens is 334 g/mol. The quantitative estimate of drug-likeness (QED) is 0.768. The summed E-state index contributed by atoms with van der Waals surface area (Å²) in [4.78, 5) is 2.31. The molecular formula is C21H26F2N2O. The van der Waals surface area contributed by atoms with Crippen LogP contribution >= 0.6 is 0 Å². The monoisotopic (exact) mass is 360 g/mol. The molecule has 1 aliphatic rings. The van der Waals surface area contributed by atoms with Crippen molar-refractivity contribution in [1.82, 2.24) is 10.2 Å². The van der Waals surface area contributed by atoms with E-state index in [-0.39, 0.29) is 5.75 Å². The number of nitrogens with one attached hydrogen (secondary N) is 1. The normalized spacial score (nSPS) is 16.1. The van der Waals surface area contributed by atoms with Gasteiger partial charge in [0.05, 0.1) is 0 Å². The lowest BCUT2D eigenvalue weighted by Crippen LogP contribution is -2.42. The standard InChI is InChI=1S/C21H26F2N2O/c22-21(23)26-20-9-5-4-8-18(20)16-25-14-11-19(12-15-25)24-13-10-17-6-2-1-3-7-17/h1-9,19,21,24H,10-16H2. The minimum atomic E-state index is -2.78. The van der Waals surface area contributed by atoms with Gasteiger partial charge in [0, 0.05) is 18.2 Å². The highest BCUT2D eigenvalue weighted by Gasteiger charge is 2.20. The molecule has 2 aromatic carbocycles. The summed E-state index contributed by atoms with van der Waals surface area (Å²) < 4.78 is 29.7. The second kappa shape index (κ2) is 9.64. The van der Waals surface area contributed by atoms with Gasteiger partial charge in [-0.1, -0.05) is 48.5 Å². The molecule has 1 aliphatic heterocycles. The van der Waals surface area contributed by atoms with E-state index in [1.165, 1.54) is 5.56 Å². The summed E-state index contributed by atoms with van der Waals surface area (Å²) in [7, 11) is 0. The Morgan fingerprint density at radius 2 is 1.69 bits per heavy atom. The third-order valence-corrected chi connectivity index (χ3v) is 4.86. The van der Waals surface area contributed by atoms with E-state index in [1.807, 2.05) is 18.2 Å². The van der Waals surface area contributed by atoms with Crippen LogP contribution in [0.2, 0.25) is 0 Å². The molecule has 0 spiro atoms. The molecule has 5 heteroatoms. The Morgan fingerprint density at radius 3 is 2.42 bits per heavy atom. The molecule has 0 aromatic heterocycles. The summed E-state index contributed by atoms with van der Waals surface area (Å²) in [6.45, 7) is 0.785. The molecule has 1 N–H and O–H groups in total. The SMILES string of the molecule is FC(F)Oc1ccccc1CN1CCC(NCCc2ccccc2)CC1. The Hall–Kier alpha value is -1.98. The molecule has 2 aromatic rings. The van der Waals surface area contributed by atoms with Gasteiger partial charge in [0.2, 0.25) is 0 Å². The molecule has 0 unspecified atom stereocenters. The van der Waals surface area contributed by atoms with Crippen molar-refractivity contribution in [2.75, 3.05) is 19.6 Å². The van der Waals surface area contributed by atoms with Gasteiger partial charge in [-0.05, 0) is 50.5 Å². The maximum atomic E-state index is 12.5. The number of benzene rings is 2. The van der Waals surface area contributed by atoms with Crippen molar-refractivity contribution in [3.63, 3.8) is 0 Å². The van der Waals surface area contributed by atoms with Crippen molar-refractivity contribution in [2.24, 2.45) is 0 Å². The molecule has 3 rings (SSSR count). The van der Waals surface area contributed by atoms with Crippen LogP contribution in [0, 0.1) is 0 Å². The topological polar surface area (TPSA) is 24.5 Å². The van der Waals surface area contributed by atoms with E-state index in [1.54, 1.807) is 12.1 Å². The molecule has 0 bridgehead atoms. The average Bonchev–Trinajstić information content (AvgIpc) is 2.65. The Balaban J connectivity index is 1.41. The minimum Gasteiger partial charge on any atom is -0.434 e. The van der Waals surface area contributed by atoms with Crippen molar-refractivity contribution in [3.8, 4) is 5.75 Å². The smallest absolute Gasteiger partial charge is 0.387 e. The van der Waals surface area contributed by atoms with Gasteiger partial charge < -0.3 is 10.1 Å². The van der Waals surface area contributed by atoms with Crippen LogP contribution in [0.25, 0.3) is 0 Å². The van der Waals surface area contributed by atoms with E-state index in [0.29, 0.717) is 12.6 Å². The van der Waals surface area contributed by atoms with Crippen molar-refractivity contribution in [2.45, 2.75) is 38.5 Å². The van der Waals surface area contributed by atoms with Gasteiger partial charge in [-0.3, -0.25) is 4.90 Å². The van der Waals surface area contributed by atoms with E-state index in [0.717, 1.165) is 44.5 Å². The van der Waals surface area contributed by atoms with Crippen LogP contribution in [0.4, 0.5) is 8.78 Å². The summed E-state index contributed by atoms with van der Waals surface area (Å²) in [5, 5.41) is 3.64. The van der Waals surface area contributed by atoms with Crippen LogP contribution < -0.4 is 10.1 Å². The number of piperidine rings is 1. The van der Waals surface area contributed by atoms with Crippen LogP contribution in [-0.4, -0.2) is 37.2 Å². The summed E-state index contributed by atoms with van der Waals surface area (Å²) >= 11 is 0. The maximum absolute atomic E-state index is 12.5. The molecule has 0 aliphatic carbocycles. The zero-order chi connectivity index (χ0) is 18.2. The first kappa shape index (κ1) is 18.8. The Morgan fingerprint density at radius 1 is 1.00 bits per heavy atom. The van der Waals surface area contributed by atoms with Crippen molar-refractivity contribution >= 4 is 0 Å². The molecule has 1 saturated heterocycles. The molecule has 0 saturated carbocycles. The first-order valence-corrected chi connectivity index (χ1v) is 9.23. The Bertz CT molecular complexity index is 658. The molecule has 3 nitrogen and oxygen atoms in total. The highest BCUT2D eigenvalue weighted by atomic mass is 19.3. The van der Waals surface area contributed by atoms with Crippen LogP contribution in [0.3, 0.4) is 0 Å².